The predicted molar refractivity (Wildman–Crippen MR) is 71.6 cm³/mol. The fourth-order valence-corrected chi connectivity index (χ4v) is 1.86. The van der Waals surface area contributed by atoms with E-state index in [9.17, 15) is 9.59 Å². The second-order valence-electron chi connectivity index (χ2n) is 4.56. The number of nitrogens with one attached hydrogen (secondary N) is 2. The molecule has 2 amide bonds. The molecule has 0 aliphatic rings. The molecule has 1 atom stereocenters. The van der Waals surface area contributed by atoms with Gasteiger partial charge in [-0.05, 0) is 25.2 Å². The number of rotatable bonds is 10. The Kier molecular flexibility index (Phi) is 10.1. The summed E-state index contributed by atoms with van der Waals surface area (Å²) in [5.74, 6) is -0.359. The number of amides is 2. The molecule has 0 heterocycles. The molecule has 0 aliphatic carbocycles. The highest BCUT2D eigenvalue weighted by atomic mass is 16.4. The van der Waals surface area contributed by atoms with Crippen LogP contribution in [-0.4, -0.2) is 30.2 Å². The fourth-order valence-electron chi connectivity index (χ4n) is 1.86. The van der Waals surface area contributed by atoms with Crippen LogP contribution in [0.5, 0.6) is 0 Å². The van der Waals surface area contributed by atoms with Crippen LogP contribution in [0.15, 0.2) is 0 Å². The lowest BCUT2D eigenvalue weighted by Gasteiger charge is -2.15. The summed E-state index contributed by atoms with van der Waals surface area (Å²) in [6, 6.07) is -0.134. The molecule has 0 aromatic carbocycles. The standard InChI is InChI=1S/C13H26N2O3/c1-3-5-11(6-7-12(16)17)8-10-15-13(18)14-9-4-2/h11H,3-10H2,1-2H3,(H,16,17)(H2,14,15,18). The van der Waals surface area contributed by atoms with Gasteiger partial charge in [-0.3, -0.25) is 4.79 Å². The maximum Gasteiger partial charge on any atom is 0.314 e. The van der Waals surface area contributed by atoms with E-state index in [4.69, 9.17) is 5.11 Å². The van der Waals surface area contributed by atoms with Crippen molar-refractivity contribution in [2.45, 2.75) is 52.4 Å². The summed E-state index contributed by atoms with van der Waals surface area (Å²) in [7, 11) is 0. The number of hydrogen-bond acceptors (Lipinski definition) is 2. The van der Waals surface area contributed by atoms with Gasteiger partial charge in [-0.25, -0.2) is 4.79 Å². The van der Waals surface area contributed by atoms with Crippen molar-refractivity contribution in [3.05, 3.63) is 0 Å². The number of carbonyl (C=O) groups is 2. The van der Waals surface area contributed by atoms with Crippen molar-refractivity contribution < 1.29 is 14.7 Å². The lowest BCUT2D eigenvalue weighted by Crippen LogP contribution is -2.36. The Balaban J connectivity index is 3.74. The van der Waals surface area contributed by atoms with E-state index >= 15 is 0 Å². The number of aliphatic carboxylic acids is 1. The van der Waals surface area contributed by atoms with Crippen molar-refractivity contribution in [1.82, 2.24) is 10.6 Å². The van der Waals surface area contributed by atoms with E-state index < -0.39 is 5.97 Å². The Bertz CT molecular complexity index is 244. The molecule has 0 saturated carbocycles. The van der Waals surface area contributed by atoms with Gasteiger partial charge in [0, 0.05) is 19.5 Å². The minimum absolute atomic E-state index is 0.134. The molecule has 0 fully saturated rings. The van der Waals surface area contributed by atoms with Crippen molar-refractivity contribution in [2.75, 3.05) is 13.1 Å². The van der Waals surface area contributed by atoms with Gasteiger partial charge in [-0.2, -0.15) is 0 Å². The molecule has 3 N–H and O–H groups in total. The largest absolute Gasteiger partial charge is 0.481 e. The molecule has 1 unspecified atom stereocenters. The Morgan fingerprint density at radius 1 is 1.00 bits per heavy atom. The highest BCUT2D eigenvalue weighted by Gasteiger charge is 2.10. The van der Waals surface area contributed by atoms with Gasteiger partial charge in [-0.1, -0.05) is 26.7 Å². The van der Waals surface area contributed by atoms with E-state index in [1.165, 1.54) is 0 Å². The fraction of sp³-hybridized carbons (Fsp3) is 0.846. The second kappa shape index (κ2) is 10.9. The molecule has 18 heavy (non-hydrogen) atoms. The summed E-state index contributed by atoms with van der Waals surface area (Å²) in [6.45, 7) is 5.39. The first kappa shape index (κ1) is 16.7. The molecule has 0 aliphatic heterocycles. The zero-order chi connectivity index (χ0) is 13.8. The summed E-state index contributed by atoms with van der Waals surface area (Å²) >= 11 is 0. The van der Waals surface area contributed by atoms with Crippen LogP contribution >= 0.6 is 0 Å². The average molecular weight is 258 g/mol. The van der Waals surface area contributed by atoms with Gasteiger partial charge in [0.25, 0.3) is 0 Å². The van der Waals surface area contributed by atoms with Crippen LogP contribution in [0.3, 0.4) is 0 Å². The van der Waals surface area contributed by atoms with Gasteiger partial charge >= 0.3 is 12.0 Å². The van der Waals surface area contributed by atoms with Crippen LogP contribution in [0.4, 0.5) is 4.79 Å². The van der Waals surface area contributed by atoms with Crippen LogP contribution in [0, 0.1) is 5.92 Å². The monoisotopic (exact) mass is 258 g/mol. The Labute approximate surface area is 109 Å². The van der Waals surface area contributed by atoms with E-state index in [1.807, 2.05) is 6.92 Å². The van der Waals surface area contributed by atoms with Crippen molar-refractivity contribution in [3.63, 3.8) is 0 Å². The van der Waals surface area contributed by atoms with Crippen LogP contribution in [0.2, 0.25) is 0 Å². The number of carboxylic acid groups (broad SMARTS) is 1. The molecule has 0 aromatic rings. The molecule has 0 bridgehead atoms. The summed E-state index contributed by atoms with van der Waals surface area (Å²) in [5.41, 5.74) is 0. The lowest BCUT2D eigenvalue weighted by molar-refractivity contribution is -0.137. The van der Waals surface area contributed by atoms with Crippen molar-refractivity contribution in [2.24, 2.45) is 5.92 Å². The molecular formula is C13H26N2O3. The highest BCUT2D eigenvalue weighted by Crippen LogP contribution is 2.16. The first-order valence-electron chi connectivity index (χ1n) is 6.83. The molecule has 5 heteroatoms. The third-order valence-electron chi connectivity index (χ3n) is 2.84. The van der Waals surface area contributed by atoms with Gasteiger partial charge in [0.15, 0.2) is 0 Å². The minimum Gasteiger partial charge on any atom is -0.481 e. The van der Waals surface area contributed by atoms with E-state index in [2.05, 4.69) is 17.6 Å². The molecule has 0 saturated heterocycles. The summed E-state index contributed by atoms with van der Waals surface area (Å²) in [4.78, 5) is 21.8. The maximum atomic E-state index is 11.3. The second-order valence-corrected chi connectivity index (χ2v) is 4.56. The topological polar surface area (TPSA) is 78.4 Å². The van der Waals surface area contributed by atoms with Crippen molar-refractivity contribution >= 4 is 12.0 Å². The first-order valence-corrected chi connectivity index (χ1v) is 6.83. The smallest absolute Gasteiger partial charge is 0.314 e. The van der Waals surface area contributed by atoms with Crippen LogP contribution in [0.25, 0.3) is 0 Å². The molecule has 0 radical (unpaired) electrons. The van der Waals surface area contributed by atoms with Crippen LogP contribution in [-0.2, 0) is 4.79 Å². The van der Waals surface area contributed by atoms with Gasteiger partial charge in [0.05, 0.1) is 0 Å². The van der Waals surface area contributed by atoms with Crippen molar-refractivity contribution in [1.29, 1.82) is 0 Å². The quantitative estimate of drug-likeness (QED) is 0.563. The molecule has 0 aromatic heterocycles. The Morgan fingerprint density at radius 2 is 1.67 bits per heavy atom. The summed E-state index contributed by atoms with van der Waals surface area (Å²) in [6.07, 6.45) is 4.75. The molecule has 5 nitrogen and oxygen atoms in total. The Morgan fingerprint density at radius 3 is 2.22 bits per heavy atom. The van der Waals surface area contributed by atoms with Gasteiger partial charge in [-0.15, -0.1) is 0 Å². The Hall–Kier alpha value is -1.26. The summed E-state index contributed by atoms with van der Waals surface area (Å²) in [5, 5.41) is 14.2. The molecule has 106 valence electrons. The first-order chi connectivity index (χ1) is 8.60. The minimum atomic E-state index is -0.746. The number of hydrogen-bond donors (Lipinski definition) is 3. The van der Waals surface area contributed by atoms with E-state index in [0.29, 0.717) is 25.4 Å². The SMILES string of the molecule is CCCNC(=O)NCCC(CCC)CCC(=O)O. The zero-order valence-electron chi connectivity index (χ0n) is 11.5. The molecule has 0 rings (SSSR count). The molecule has 0 spiro atoms. The van der Waals surface area contributed by atoms with Crippen molar-refractivity contribution in [3.8, 4) is 0 Å². The van der Waals surface area contributed by atoms with Gasteiger partial charge in [0.1, 0.15) is 0 Å². The predicted octanol–water partition coefficient (Wildman–Crippen LogP) is 2.37. The van der Waals surface area contributed by atoms with Crippen LogP contribution in [0.1, 0.15) is 52.4 Å². The normalized spacial score (nSPS) is 11.9. The summed E-state index contributed by atoms with van der Waals surface area (Å²) < 4.78 is 0. The lowest BCUT2D eigenvalue weighted by atomic mass is 9.94. The number of carboxylic acids is 1. The van der Waals surface area contributed by atoms with E-state index in [0.717, 1.165) is 25.7 Å². The highest BCUT2D eigenvalue weighted by molar-refractivity contribution is 5.73. The van der Waals surface area contributed by atoms with E-state index in [-0.39, 0.29) is 12.5 Å². The van der Waals surface area contributed by atoms with Crippen LogP contribution < -0.4 is 10.6 Å². The third kappa shape index (κ3) is 9.93. The maximum absolute atomic E-state index is 11.3. The van der Waals surface area contributed by atoms with Gasteiger partial charge in [0.2, 0.25) is 0 Å². The van der Waals surface area contributed by atoms with E-state index in [1.54, 1.807) is 0 Å². The van der Waals surface area contributed by atoms with Gasteiger partial charge < -0.3 is 15.7 Å². The third-order valence-corrected chi connectivity index (χ3v) is 2.84. The zero-order valence-corrected chi connectivity index (χ0v) is 11.5. The number of urea groups is 1. The molecular weight excluding hydrogens is 232 g/mol. The average Bonchev–Trinajstić information content (AvgIpc) is 2.33. The number of carbonyl (C=O) groups excluding carboxylic acids is 1.